The number of anilines is 2. The van der Waals surface area contributed by atoms with Gasteiger partial charge in [-0.25, -0.2) is 8.42 Å². The monoisotopic (exact) mass is 484 g/mol. The number of methoxy groups -OCH3 is 3. The van der Waals surface area contributed by atoms with Crippen molar-refractivity contribution in [2.75, 3.05) is 37.5 Å². The first kappa shape index (κ1) is 23.2. The normalized spacial score (nSPS) is 15.0. The molecular weight excluding hydrogens is 460 g/mol. The fraction of sp³-hybridized carbons (Fsp3) is 0.208. The van der Waals surface area contributed by atoms with E-state index < -0.39 is 22.0 Å². The van der Waals surface area contributed by atoms with Crippen LogP contribution in [0.3, 0.4) is 0 Å². The van der Waals surface area contributed by atoms with Crippen molar-refractivity contribution in [2.45, 2.75) is 11.0 Å². The summed E-state index contributed by atoms with van der Waals surface area (Å²) in [6.45, 7) is -0.204. The zero-order chi connectivity index (χ0) is 24.3. The molecule has 3 aromatic rings. The molecule has 9 nitrogen and oxygen atoms in total. The second kappa shape index (κ2) is 9.52. The smallest absolute Gasteiger partial charge is 0.267 e. The molecule has 1 atom stereocenters. The zero-order valence-corrected chi connectivity index (χ0v) is 19.7. The van der Waals surface area contributed by atoms with E-state index in [2.05, 4.69) is 5.32 Å². The molecule has 0 aliphatic carbocycles. The van der Waals surface area contributed by atoms with E-state index in [0.717, 1.165) is 0 Å². The van der Waals surface area contributed by atoms with Crippen LogP contribution in [0.4, 0.5) is 11.4 Å². The SMILES string of the molecule is COc1ccc(S(=O)(=O)N2C[C@H](C(=O)Nc3ccc(OC)c(OC)c3)Oc3ccccc32)cc1. The van der Waals surface area contributed by atoms with Crippen LogP contribution in [0, 0.1) is 0 Å². The maximum Gasteiger partial charge on any atom is 0.267 e. The number of amides is 1. The highest BCUT2D eigenvalue weighted by atomic mass is 32.2. The number of carbonyl (C=O) groups is 1. The highest BCUT2D eigenvalue weighted by molar-refractivity contribution is 7.92. The van der Waals surface area contributed by atoms with Gasteiger partial charge in [-0.15, -0.1) is 0 Å². The van der Waals surface area contributed by atoms with E-state index in [4.69, 9.17) is 18.9 Å². The molecule has 10 heteroatoms. The molecule has 1 N–H and O–H groups in total. The van der Waals surface area contributed by atoms with Crippen LogP contribution in [0.15, 0.2) is 71.6 Å². The minimum absolute atomic E-state index is 0.0732. The van der Waals surface area contributed by atoms with Gasteiger partial charge in [-0.2, -0.15) is 0 Å². The van der Waals surface area contributed by atoms with Gasteiger partial charge in [0.1, 0.15) is 11.5 Å². The molecule has 0 spiro atoms. The molecule has 0 saturated heterocycles. The van der Waals surface area contributed by atoms with Crippen LogP contribution in [0.5, 0.6) is 23.0 Å². The molecule has 0 bridgehead atoms. The van der Waals surface area contributed by atoms with Crippen molar-refractivity contribution in [3.05, 3.63) is 66.7 Å². The van der Waals surface area contributed by atoms with Crippen molar-refractivity contribution in [1.82, 2.24) is 0 Å². The van der Waals surface area contributed by atoms with Gasteiger partial charge in [-0.1, -0.05) is 12.1 Å². The Morgan fingerprint density at radius 2 is 1.65 bits per heavy atom. The molecular formula is C24H24N2O7S. The van der Waals surface area contributed by atoms with Crippen molar-refractivity contribution in [3.8, 4) is 23.0 Å². The standard InChI is InChI=1S/C24H24N2O7S/c1-30-17-9-11-18(12-10-17)34(28,29)26-15-23(33-20-7-5-4-6-19(20)26)24(27)25-16-8-13-21(31-2)22(14-16)32-3/h4-14,23H,15H2,1-3H3,(H,25,27)/t23-/m1/s1. The molecule has 1 aliphatic heterocycles. The van der Waals surface area contributed by atoms with Gasteiger partial charge in [-0.05, 0) is 48.5 Å². The van der Waals surface area contributed by atoms with Crippen LogP contribution in [0.1, 0.15) is 0 Å². The number of nitrogens with one attached hydrogen (secondary N) is 1. The third-order valence-electron chi connectivity index (χ3n) is 5.33. The lowest BCUT2D eigenvalue weighted by Crippen LogP contribution is -2.48. The first-order valence-corrected chi connectivity index (χ1v) is 11.8. The number of nitrogens with zero attached hydrogens (tertiary/aromatic N) is 1. The van der Waals surface area contributed by atoms with Crippen LogP contribution >= 0.6 is 0 Å². The van der Waals surface area contributed by atoms with Gasteiger partial charge in [0, 0.05) is 11.8 Å². The van der Waals surface area contributed by atoms with E-state index >= 15 is 0 Å². The second-order valence-corrected chi connectivity index (χ2v) is 9.21. The minimum atomic E-state index is -3.98. The maximum absolute atomic E-state index is 13.5. The maximum atomic E-state index is 13.5. The van der Waals surface area contributed by atoms with Crippen molar-refractivity contribution in [2.24, 2.45) is 0 Å². The molecule has 178 valence electrons. The molecule has 0 saturated carbocycles. The topological polar surface area (TPSA) is 103 Å². The predicted octanol–water partition coefficient (Wildman–Crippen LogP) is 3.31. The van der Waals surface area contributed by atoms with E-state index in [1.165, 1.54) is 37.8 Å². The largest absolute Gasteiger partial charge is 0.497 e. The molecule has 0 fully saturated rings. The van der Waals surface area contributed by atoms with Gasteiger partial charge < -0.3 is 24.3 Å². The molecule has 1 heterocycles. The summed E-state index contributed by atoms with van der Waals surface area (Å²) >= 11 is 0. The average molecular weight is 485 g/mol. The summed E-state index contributed by atoms with van der Waals surface area (Å²) in [5.41, 5.74) is 0.808. The zero-order valence-electron chi connectivity index (χ0n) is 18.8. The summed E-state index contributed by atoms with van der Waals surface area (Å²) < 4.78 is 49.7. The summed E-state index contributed by atoms with van der Waals surface area (Å²) in [6, 6.07) is 17.7. The number of para-hydroxylation sites is 2. The fourth-order valence-corrected chi connectivity index (χ4v) is 5.05. The van der Waals surface area contributed by atoms with Crippen molar-refractivity contribution < 1.29 is 32.2 Å². The Kier molecular flexibility index (Phi) is 6.51. The molecule has 3 aromatic carbocycles. The van der Waals surface area contributed by atoms with Crippen LogP contribution in [-0.2, 0) is 14.8 Å². The lowest BCUT2D eigenvalue weighted by Gasteiger charge is -2.34. The van der Waals surface area contributed by atoms with Gasteiger partial charge in [-0.3, -0.25) is 9.10 Å². The fourth-order valence-electron chi connectivity index (χ4n) is 3.58. The minimum Gasteiger partial charge on any atom is -0.497 e. The Hall–Kier alpha value is -3.92. The van der Waals surface area contributed by atoms with Gasteiger partial charge in [0.25, 0.3) is 15.9 Å². The first-order valence-electron chi connectivity index (χ1n) is 10.3. The van der Waals surface area contributed by atoms with Crippen molar-refractivity contribution in [3.63, 3.8) is 0 Å². The number of ether oxygens (including phenoxy) is 4. The third-order valence-corrected chi connectivity index (χ3v) is 7.12. The lowest BCUT2D eigenvalue weighted by molar-refractivity contribution is -0.122. The summed E-state index contributed by atoms with van der Waals surface area (Å²) in [5, 5.41) is 2.76. The van der Waals surface area contributed by atoms with Gasteiger partial charge in [0.15, 0.2) is 17.6 Å². The highest BCUT2D eigenvalue weighted by Gasteiger charge is 2.37. The average Bonchev–Trinajstić information content (AvgIpc) is 2.87. The number of fused-ring (bicyclic) bond motifs is 1. The van der Waals surface area contributed by atoms with Crippen LogP contribution < -0.4 is 28.6 Å². The van der Waals surface area contributed by atoms with Gasteiger partial charge in [0.2, 0.25) is 0 Å². The summed E-state index contributed by atoms with van der Waals surface area (Å²) in [6.07, 6.45) is -1.09. The van der Waals surface area contributed by atoms with E-state index in [9.17, 15) is 13.2 Å². The summed E-state index contributed by atoms with van der Waals surface area (Å²) in [4.78, 5) is 13.2. The van der Waals surface area contributed by atoms with E-state index in [0.29, 0.717) is 34.4 Å². The Bertz CT molecular complexity index is 1290. The Labute approximate surface area is 197 Å². The van der Waals surface area contributed by atoms with Crippen molar-refractivity contribution in [1.29, 1.82) is 0 Å². The highest BCUT2D eigenvalue weighted by Crippen LogP contribution is 2.37. The Morgan fingerprint density at radius 1 is 0.941 bits per heavy atom. The number of sulfonamides is 1. The Morgan fingerprint density at radius 3 is 2.32 bits per heavy atom. The molecule has 4 rings (SSSR count). The molecule has 1 aliphatic rings. The molecule has 0 unspecified atom stereocenters. The lowest BCUT2D eigenvalue weighted by atomic mass is 10.2. The van der Waals surface area contributed by atoms with Crippen LogP contribution in [0.25, 0.3) is 0 Å². The first-order chi connectivity index (χ1) is 16.4. The summed E-state index contributed by atoms with van der Waals surface area (Å²) in [7, 11) is 0.533. The predicted molar refractivity (Wildman–Crippen MR) is 127 cm³/mol. The van der Waals surface area contributed by atoms with Crippen LogP contribution in [0.2, 0.25) is 0 Å². The molecule has 0 radical (unpaired) electrons. The molecule has 1 amide bonds. The number of rotatable bonds is 7. The van der Waals surface area contributed by atoms with E-state index in [-0.39, 0.29) is 11.4 Å². The number of carbonyl (C=O) groups excluding carboxylic acids is 1. The van der Waals surface area contributed by atoms with Gasteiger partial charge in [0.05, 0.1) is 38.5 Å². The molecule has 34 heavy (non-hydrogen) atoms. The third kappa shape index (κ3) is 4.44. The van der Waals surface area contributed by atoms with Crippen LogP contribution in [-0.4, -0.2) is 48.3 Å². The van der Waals surface area contributed by atoms with E-state index in [1.807, 2.05) is 0 Å². The second-order valence-electron chi connectivity index (χ2n) is 7.34. The van der Waals surface area contributed by atoms with E-state index in [1.54, 1.807) is 54.6 Å². The number of hydrogen-bond donors (Lipinski definition) is 1. The van der Waals surface area contributed by atoms with Gasteiger partial charge >= 0.3 is 0 Å². The number of hydrogen-bond acceptors (Lipinski definition) is 7. The number of benzene rings is 3. The quantitative estimate of drug-likeness (QED) is 0.549. The summed E-state index contributed by atoms with van der Waals surface area (Å²) in [5.74, 6) is 1.28. The molecule has 0 aromatic heterocycles. The Balaban J connectivity index is 1.63. The van der Waals surface area contributed by atoms with Crippen molar-refractivity contribution >= 4 is 27.3 Å².